The largest absolute Gasteiger partial charge is 0.382 e. The van der Waals surface area contributed by atoms with Gasteiger partial charge in [-0.2, -0.15) is 0 Å². The molecule has 0 amide bonds. The number of hydrogen-bond acceptors (Lipinski definition) is 4. The van der Waals surface area contributed by atoms with Crippen LogP contribution in [0.3, 0.4) is 0 Å². The average Bonchev–Trinajstić information content (AvgIpc) is 3.10. The average molecular weight is 231 g/mol. The van der Waals surface area contributed by atoms with Gasteiger partial charge in [0, 0.05) is 19.7 Å². The second-order valence-electron chi connectivity index (χ2n) is 4.30. The third-order valence-electron chi connectivity index (χ3n) is 2.85. The van der Waals surface area contributed by atoms with Crippen molar-refractivity contribution < 1.29 is 14.2 Å². The van der Waals surface area contributed by atoms with Crippen molar-refractivity contribution in [2.75, 3.05) is 46.7 Å². The van der Waals surface area contributed by atoms with Crippen molar-refractivity contribution in [1.29, 1.82) is 0 Å². The summed E-state index contributed by atoms with van der Waals surface area (Å²) in [6.07, 6.45) is 2.78. The first-order valence-electron chi connectivity index (χ1n) is 6.22. The van der Waals surface area contributed by atoms with Gasteiger partial charge in [-0.05, 0) is 25.7 Å². The molecule has 1 fully saturated rings. The molecular weight excluding hydrogens is 206 g/mol. The molecule has 0 radical (unpaired) electrons. The van der Waals surface area contributed by atoms with Crippen molar-refractivity contribution in [2.24, 2.45) is 5.92 Å². The van der Waals surface area contributed by atoms with E-state index in [-0.39, 0.29) is 0 Å². The van der Waals surface area contributed by atoms with E-state index < -0.39 is 0 Å². The van der Waals surface area contributed by atoms with E-state index >= 15 is 0 Å². The summed E-state index contributed by atoms with van der Waals surface area (Å²) in [5, 5.41) is 3.47. The smallest absolute Gasteiger partial charge is 0.0701 e. The summed E-state index contributed by atoms with van der Waals surface area (Å²) in [6.45, 7) is 6.59. The number of methoxy groups -OCH3 is 1. The van der Waals surface area contributed by atoms with Crippen LogP contribution in [0.5, 0.6) is 0 Å². The minimum Gasteiger partial charge on any atom is -0.382 e. The van der Waals surface area contributed by atoms with Crippen molar-refractivity contribution in [3.05, 3.63) is 0 Å². The molecule has 16 heavy (non-hydrogen) atoms. The third-order valence-corrected chi connectivity index (χ3v) is 2.85. The summed E-state index contributed by atoms with van der Waals surface area (Å²) < 4.78 is 15.6. The predicted molar refractivity (Wildman–Crippen MR) is 63.7 cm³/mol. The van der Waals surface area contributed by atoms with Crippen LogP contribution in [0.15, 0.2) is 0 Å². The van der Waals surface area contributed by atoms with E-state index in [2.05, 4.69) is 12.2 Å². The molecule has 0 aromatic rings. The van der Waals surface area contributed by atoms with Gasteiger partial charge in [-0.15, -0.1) is 0 Å². The Bertz CT molecular complexity index is 162. The summed E-state index contributed by atoms with van der Waals surface area (Å²) in [4.78, 5) is 0. The lowest BCUT2D eigenvalue weighted by atomic mass is 10.2. The van der Waals surface area contributed by atoms with Crippen LogP contribution in [0.2, 0.25) is 0 Å². The highest BCUT2D eigenvalue weighted by atomic mass is 16.5. The van der Waals surface area contributed by atoms with E-state index in [0.29, 0.717) is 32.5 Å². The molecule has 1 saturated carbocycles. The first kappa shape index (κ1) is 13.9. The summed E-state index contributed by atoms with van der Waals surface area (Å²) in [5.74, 6) is 0.914. The van der Waals surface area contributed by atoms with Crippen LogP contribution in [-0.2, 0) is 14.2 Å². The lowest BCUT2D eigenvalue weighted by molar-refractivity contribution is 0.0252. The Labute approximate surface area is 98.6 Å². The van der Waals surface area contributed by atoms with Crippen LogP contribution in [0.1, 0.15) is 19.8 Å². The Balaban J connectivity index is 1.71. The molecule has 0 spiro atoms. The zero-order chi connectivity index (χ0) is 11.6. The quantitative estimate of drug-likeness (QED) is 0.540. The molecular formula is C12H25NO3. The molecule has 0 aromatic heterocycles. The number of nitrogens with one attached hydrogen (secondary N) is 1. The van der Waals surface area contributed by atoms with E-state index in [0.717, 1.165) is 19.1 Å². The van der Waals surface area contributed by atoms with E-state index in [1.165, 1.54) is 12.8 Å². The molecule has 1 unspecified atom stereocenters. The van der Waals surface area contributed by atoms with Gasteiger partial charge in [0.1, 0.15) is 0 Å². The molecule has 0 saturated heterocycles. The second kappa shape index (κ2) is 8.93. The minimum absolute atomic E-state index is 0.650. The van der Waals surface area contributed by atoms with Gasteiger partial charge < -0.3 is 19.5 Å². The molecule has 1 rings (SSSR count). The molecule has 4 heteroatoms. The summed E-state index contributed by atoms with van der Waals surface area (Å²) in [5.41, 5.74) is 0. The zero-order valence-electron chi connectivity index (χ0n) is 10.5. The van der Waals surface area contributed by atoms with Gasteiger partial charge >= 0.3 is 0 Å². The van der Waals surface area contributed by atoms with Crippen LogP contribution in [0.4, 0.5) is 0 Å². The maximum absolute atomic E-state index is 5.44. The fourth-order valence-corrected chi connectivity index (χ4v) is 1.59. The van der Waals surface area contributed by atoms with Gasteiger partial charge in [0.2, 0.25) is 0 Å². The Hall–Kier alpha value is -0.160. The molecule has 1 aliphatic carbocycles. The SMILES string of the molecule is COCCOCCOCCNC(C)C1CC1. The highest BCUT2D eigenvalue weighted by molar-refractivity contribution is 4.82. The molecule has 0 bridgehead atoms. The van der Waals surface area contributed by atoms with Gasteiger partial charge in [-0.25, -0.2) is 0 Å². The van der Waals surface area contributed by atoms with Crippen LogP contribution >= 0.6 is 0 Å². The lowest BCUT2D eigenvalue weighted by Crippen LogP contribution is -2.31. The molecule has 0 heterocycles. The van der Waals surface area contributed by atoms with Crippen LogP contribution in [-0.4, -0.2) is 52.7 Å². The van der Waals surface area contributed by atoms with Gasteiger partial charge in [0.05, 0.1) is 33.0 Å². The van der Waals surface area contributed by atoms with Crippen molar-refractivity contribution in [3.63, 3.8) is 0 Å². The van der Waals surface area contributed by atoms with Crippen molar-refractivity contribution in [1.82, 2.24) is 5.32 Å². The highest BCUT2D eigenvalue weighted by Gasteiger charge is 2.26. The Morgan fingerprint density at radius 1 is 1.06 bits per heavy atom. The molecule has 1 N–H and O–H groups in total. The standard InChI is InChI=1S/C12H25NO3/c1-11(12-3-4-12)13-5-6-15-9-10-16-8-7-14-2/h11-13H,3-10H2,1-2H3. The molecule has 1 atom stereocenters. The summed E-state index contributed by atoms with van der Waals surface area (Å²) >= 11 is 0. The molecule has 4 nitrogen and oxygen atoms in total. The molecule has 0 aliphatic heterocycles. The minimum atomic E-state index is 0.650. The van der Waals surface area contributed by atoms with Crippen molar-refractivity contribution in [3.8, 4) is 0 Å². The lowest BCUT2D eigenvalue weighted by Gasteiger charge is -2.12. The van der Waals surface area contributed by atoms with E-state index in [1.54, 1.807) is 7.11 Å². The number of rotatable bonds is 11. The van der Waals surface area contributed by atoms with Gasteiger partial charge in [-0.3, -0.25) is 0 Å². The Morgan fingerprint density at radius 3 is 2.31 bits per heavy atom. The highest BCUT2D eigenvalue weighted by Crippen LogP contribution is 2.32. The van der Waals surface area contributed by atoms with Gasteiger partial charge in [0.15, 0.2) is 0 Å². The van der Waals surface area contributed by atoms with E-state index in [1.807, 2.05) is 0 Å². The fourth-order valence-electron chi connectivity index (χ4n) is 1.59. The fraction of sp³-hybridized carbons (Fsp3) is 1.00. The third kappa shape index (κ3) is 7.17. The van der Waals surface area contributed by atoms with Gasteiger partial charge in [0.25, 0.3) is 0 Å². The predicted octanol–water partition coefficient (Wildman–Crippen LogP) is 1.05. The van der Waals surface area contributed by atoms with Crippen molar-refractivity contribution >= 4 is 0 Å². The van der Waals surface area contributed by atoms with Crippen LogP contribution in [0.25, 0.3) is 0 Å². The molecule has 96 valence electrons. The summed E-state index contributed by atoms with van der Waals surface area (Å²) in [7, 11) is 1.67. The Morgan fingerprint density at radius 2 is 1.69 bits per heavy atom. The topological polar surface area (TPSA) is 39.7 Å². The van der Waals surface area contributed by atoms with E-state index in [9.17, 15) is 0 Å². The normalized spacial score (nSPS) is 17.6. The first-order valence-corrected chi connectivity index (χ1v) is 6.22. The van der Waals surface area contributed by atoms with Gasteiger partial charge in [-0.1, -0.05) is 0 Å². The maximum atomic E-state index is 5.44. The molecule has 0 aromatic carbocycles. The first-order chi connectivity index (χ1) is 7.84. The zero-order valence-corrected chi connectivity index (χ0v) is 10.5. The molecule has 1 aliphatic rings. The van der Waals surface area contributed by atoms with Crippen LogP contribution < -0.4 is 5.32 Å². The van der Waals surface area contributed by atoms with Crippen LogP contribution in [0, 0.1) is 5.92 Å². The number of hydrogen-bond donors (Lipinski definition) is 1. The maximum Gasteiger partial charge on any atom is 0.0701 e. The monoisotopic (exact) mass is 231 g/mol. The Kier molecular flexibility index (Phi) is 7.76. The van der Waals surface area contributed by atoms with Crippen molar-refractivity contribution in [2.45, 2.75) is 25.8 Å². The van der Waals surface area contributed by atoms with E-state index in [4.69, 9.17) is 14.2 Å². The number of ether oxygens (including phenoxy) is 3. The second-order valence-corrected chi connectivity index (χ2v) is 4.30. The summed E-state index contributed by atoms with van der Waals surface area (Å²) in [6, 6.07) is 0.654.